The van der Waals surface area contributed by atoms with Crippen LogP contribution in [0.5, 0.6) is 5.75 Å². The number of nitriles is 1. The molecule has 0 aliphatic heterocycles. The summed E-state index contributed by atoms with van der Waals surface area (Å²) >= 11 is 0. The lowest BCUT2D eigenvalue weighted by atomic mass is 9.92. The number of ether oxygens (including phenoxy) is 1. The first kappa shape index (κ1) is 17.5. The Kier molecular flexibility index (Phi) is 5.56. The molecule has 0 saturated carbocycles. The number of hydrogen-bond acceptors (Lipinski definition) is 4. The van der Waals surface area contributed by atoms with E-state index in [1.807, 2.05) is 54.6 Å². The number of nitrogens with zero attached hydrogens (tertiary/aromatic N) is 1. The van der Waals surface area contributed by atoms with Crippen LogP contribution in [0.4, 0.5) is 0 Å². The number of benzene rings is 2. The van der Waals surface area contributed by atoms with Crippen LogP contribution in [0.15, 0.2) is 54.6 Å². The largest absolute Gasteiger partial charge is 0.497 e. The molecule has 1 amide bonds. The van der Waals surface area contributed by atoms with Crippen LogP contribution in [-0.4, -0.2) is 18.6 Å². The molecule has 0 aliphatic rings. The highest BCUT2D eigenvalue weighted by Gasteiger charge is 2.30. The van der Waals surface area contributed by atoms with E-state index >= 15 is 0 Å². The van der Waals surface area contributed by atoms with Crippen LogP contribution in [0.1, 0.15) is 24.1 Å². The summed E-state index contributed by atoms with van der Waals surface area (Å²) < 4.78 is 5.14. The maximum absolute atomic E-state index is 11.9. The maximum atomic E-state index is 11.9. The average molecular weight is 323 g/mol. The van der Waals surface area contributed by atoms with E-state index in [1.54, 1.807) is 14.0 Å². The molecule has 0 bridgehead atoms. The highest BCUT2D eigenvalue weighted by atomic mass is 16.5. The van der Waals surface area contributed by atoms with Crippen LogP contribution >= 0.6 is 0 Å². The molecule has 0 fully saturated rings. The molecule has 0 aromatic heterocycles. The molecule has 1 unspecified atom stereocenters. The molecule has 2 aromatic carbocycles. The zero-order chi connectivity index (χ0) is 17.6. The number of carbonyl (C=O) groups excluding carboxylic acids is 1. The van der Waals surface area contributed by atoms with E-state index in [9.17, 15) is 10.1 Å². The molecule has 0 saturated heterocycles. The van der Waals surface area contributed by atoms with Crippen LogP contribution in [0, 0.1) is 11.3 Å². The smallest absolute Gasteiger partial charge is 0.239 e. The lowest BCUT2D eigenvalue weighted by Crippen LogP contribution is -2.48. The minimum Gasteiger partial charge on any atom is -0.497 e. The average Bonchev–Trinajstić information content (AvgIpc) is 2.61. The third-order valence-corrected chi connectivity index (χ3v) is 3.84. The van der Waals surface area contributed by atoms with Crippen molar-refractivity contribution in [3.05, 3.63) is 65.7 Å². The zero-order valence-electron chi connectivity index (χ0n) is 13.8. The van der Waals surface area contributed by atoms with Gasteiger partial charge in [0.1, 0.15) is 17.3 Å². The van der Waals surface area contributed by atoms with Gasteiger partial charge in [-0.05, 0) is 30.2 Å². The molecule has 0 aliphatic carbocycles. The van der Waals surface area contributed by atoms with Crippen molar-refractivity contribution < 1.29 is 9.53 Å². The molecule has 0 radical (unpaired) electrons. The van der Waals surface area contributed by atoms with Gasteiger partial charge in [0.2, 0.25) is 5.91 Å². The number of primary amides is 1. The monoisotopic (exact) mass is 323 g/mol. The summed E-state index contributed by atoms with van der Waals surface area (Å²) in [5, 5.41) is 12.7. The summed E-state index contributed by atoms with van der Waals surface area (Å²) in [5.41, 5.74) is 6.29. The number of amides is 1. The minimum absolute atomic E-state index is 0.435. The van der Waals surface area contributed by atoms with Crippen molar-refractivity contribution in [3.8, 4) is 11.8 Å². The third-order valence-electron chi connectivity index (χ3n) is 3.84. The first-order chi connectivity index (χ1) is 11.5. The van der Waals surface area contributed by atoms with Gasteiger partial charge < -0.3 is 10.5 Å². The van der Waals surface area contributed by atoms with Crippen LogP contribution in [0.3, 0.4) is 0 Å². The lowest BCUT2D eigenvalue weighted by Gasteiger charge is -2.28. The molecule has 2 atom stereocenters. The topological polar surface area (TPSA) is 88.1 Å². The van der Waals surface area contributed by atoms with E-state index < -0.39 is 17.5 Å². The van der Waals surface area contributed by atoms with Crippen molar-refractivity contribution in [2.75, 3.05) is 7.11 Å². The van der Waals surface area contributed by atoms with Crippen molar-refractivity contribution in [3.63, 3.8) is 0 Å². The number of methoxy groups -OCH3 is 1. The van der Waals surface area contributed by atoms with Gasteiger partial charge in [-0.3, -0.25) is 10.1 Å². The Balaban J connectivity index is 2.21. The number of nitrogens with one attached hydrogen (secondary N) is 1. The summed E-state index contributed by atoms with van der Waals surface area (Å²) in [7, 11) is 1.60. The third kappa shape index (κ3) is 4.34. The van der Waals surface area contributed by atoms with Gasteiger partial charge in [0.15, 0.2) is 0 Å². The Morgan fingerprint density at radius 2 is 1.88 bits per heavy atom. The van der Waals surface area contributed by atoms with Crippen LogP contribution < -0.4 is 15.8 Å². The van der Waals surface area contributed by atoms with Gasteiger partial charge >= 0.3 is 0 Å². The Morgan fingerprint density at radius 1 is 1.25 bits per heavy atom. The van der Waals surface area contributed by atoms with Crippen molar-refractivity contribution in [2.45, 2.75) is 24.9 Å². The summed E-state index contributed by atoms with van der Waals surface area (Å²) in [6.07, 6.45) is 0.435. The van der Waals surface area contributed by atoms with E-state index in [-0.39, 0.29) is 0 Å². The highest BCUT2D eigenvalue weighted by Crippen LogP contribution is 2.21. The quantitative estimate of drug-likeness (QED) is 0.818. The second-order valence-corrected chi connectivity index (χ2v) is 5.86. The number of hydrogen-bond donors (Lipinski definition) is 2. The standard InChI is InChI=1S/C19H21N3O2/c1-19(13-20,12-14-8-10-16(24-2)11-9-14)22-17(18(21)23)15-6-4-3-5-7-15/h3-11,17,22H,12H2,1-2H3,(H2,21,23)/t17?,19-/m0/s1. The molecule has 5 nitrogen and oxygen atoms in total. The molecular formula is C19H21N3O2. The Morgan fingerprint density at radius 3 is 2.38 bits per heavy atom. The molecule has 24 heavy (non-hydrogen) atoms. The van der Waals surface area contributed by atoms with Crippen molar-refractivity contribution in [1.29, 1.82) is 5.26 Å². The normalized spacial score (nSPS) is 14.2. The molecule has 2 aromatic rings. The van der Waals surface area contributed by atoms with E-state index in [1.165, 1.54) is 0 Å². The van der Waals surface area contributed by atoms with Crippen LogP contribution in [0.25, 0.3) is 0 Å². The van der Waals surface area contributed by atoms with E-state index in [4.69, 9.17) is 10.5 Å². The highest BCUT2D eigenvalue weighted by molar-refractivity contribution is 5.81. The summed E-state index contributed by atoms with van der Waals surface area (Å²) in [5.74, 6) is 0.238. The Hall–Kier alpha value is -2.84. The molecule has 5 heteroatoms. The predicted molar refractivity (Wildman–Crippen MR) is 92.2 cm³/mol. The second kappa shape index (κ2) is 7.62. The molecule has 0 spiro atoms. The molecule has 0 heterocycles. The van der Waals surface area contributed by atoms with Gasteiger partial charge in [0.25, 0.3) is 0 Å². The van der Waals surface area contributed by atoms with E-state index in [0.29, 0.717) is 6.42 Å². The van der Waals surface area contributed by atoms with Crippen molar-refractivity contribution >= 4 is 5.91 Å². The number of rotatable bonds is 7. The van der Waals surface area contributed by atoms with Gasteiger partial charge in [0.05, 0.1) is 13.2 Å². The fourth-order valence-electron chi connectivity index (χ4n) is 2.56. The molecule has 3 N–H and O–H groups in total. The minimum atomic E-state index is -0.940. The molecular weight excluding hydrogens is 302 g/mol. The number of carbonyl (C=O) groups is 1. The summed E-state index contributed by atoms with van der Waals surface area (Å²) in [6, 6.07) is 18.2. The van der Waals surface area contributed by atoms with Crippen molar-refractivity contribution in [1.82, 2.24) is 5.32 Å². The summed E-state index contributed by atoms with van der Waals surface area (Å²) in [4.78, 5) is 11.9. The number of nitrogens with two attached hydrogens (primary N) is 1. The van der Waals surface area contributed by atoms with E-state index in [0.717, 1.165) is 16.9 Å². The Bertz CT molecular complexity index is 723. The summed E-state index contributed by atoms with van der Waals surface area (Å²) in [6.45, 7) is 1.76. The zero-order valence-corrected chi connectivity index (χ0v) is 13.8. The fraction of sp³-hybridized carbons (Fsp3) is 0.263. The lowest BCUT2D eigenvalue weighted by molar-refractivity contribution is -0.120. The first-order valence-electron chi connectivity index (χ1n) is 7.63. The fourth-order valence-corrected chi connectivity index (χ4v) is 2.56. The maximum Gasteiger partial charge on any atom is 0.239 e. The first-order valence-corrected chi connectivity index (χ1v) is 7.63. The van der Waals surface area contributed by atoms with Crippen LogP contribution in [-0.2, 0) is 11.2 Å². The van der Waals surface area contributed by atoms with Gasteiger partial charge in [0, 0.05) is 6.42 Å². The van der Waals surface area contributed by atoms with E-state index in [2.05, 4.69) is 11.4 Å². The Labute approximate surface area is 142 Å². The van der Waals surface area contributed by atoms with Gasteiger partial charge in [-0.2, -0.15) is 5.26 Å². The van der Waals surface area contributed by atoms with Gasteiger partial charge in [-0.1, -0.05) is 42.5 Å². The molecule has 124 valence electrons. The predicted octanol–water partition coefficient (Wildman–Crippen LogP) is 2.34. The van der Waals surface area contributed by atoms with Crippen LogP contribution in [0.2, 0.25) is 0 Å². The molecule has 2 rings (SSSR count). The van der Waals surface area contributed by atoms with Gasteiger partial charge in [-0.25, -0.2) is 0 Å². The van der Waals surface area contributed by atoms with Crippen molar-refractivity contribution in [2.24, 2.45) is 5.73 Å². The SMILES string of the molecule is COc1ccc(C[C@@](C)(C#N)NC(C(N)=O)c2ccccc2)cc1. The van der Waals surface area contributed by atoms with Gasteiger partial charge in [-0.15, -0.1) is 0 Å². The second-order valence-electron chi connectivity index (χ2n) is 5.86.